The minimum Gasteiger partial charge on any atom is -0.447 e. The lowest BCUT2D eigenvalue weighted by Crippen LogP contribution is -2.37. The third-order valence-corrected chi connectivity index (χ3v) is 6.02. The summed E-state index contributed by atoms with van der Waals surface area (Å²) in [6.07, 6.45) is 3.57. The molecule has 9 heteroatoms. The van der Waals surface area contributed by atoms with Gasteiger partial charge in [-0.3, -0.25) is 19.5 Å². The molecule has 8 nitrogen and oxygen atoms in total. The summed E-state index contributed by atoms with van der Waals surface area (Å²) >= 11 is 3.34. The first-order valence-electron chi connectivity index (χ1n) is 11.3. The van der Waals surface area contributed by atoms with Crippen LogP contribution in [0.2, 0.25) is 0 Å². The smallest absolute Gasteiger partial charge is 0.414 e. The van der Waals surface area contributed by atoms with Crippen LogP contribution in [0.15, 0.2) is 77.5 Å². The molecule has 0 unspecified atom stereocenters. The first-order valence-corrected chi connectivity index (χ1v) is 12.1. The van der Waals surface area contributed by atoms with Gasteiger partial charge in [-0.1, -0.05) is 36.4 Å². The first kappa shape index (κ1) is 24.4. The van der Waals surface area contributed by atoms with Crippen molar-refractivity contribution in [1.29, 1.82) is 0 Å². The van der Waals surface area contributed by atoms with E-state index in [-0.39, 0.29) is 37.9 Å². The van der Waals surface area contributed by atoms with E-state index in [1.165, 1.54) is 6.20 Å². The third kappa shape index (κ3) is 6.24. The van der Waals surface area contributed by atoms with Crippen molar-refractivity contribution >= 4 is 45.2 Å². The molecule has 4 rings (SSSR count). The summed E-state index contributed by atoms with van der Waals surface area (Å²) in [5, 5.41) is 2.75. The molecule has 3 amide bonds. The molecule has 0 radical (unpaired) electrons. The number of hydrogen-bond donors (Lipinski definition) is 1. The van der Waals surface area contributed by atoms with Crippen LogP contribution in [0, 0.1) is 0 Å². The van der Waals surface area contributed by atoms with Gasteiger partial charge in [-0.2, -0.15) is 0 Å². The lowest BCUT2D eigenvalue weighted by Gasteiger charge is -2.23. The summed E-state index contributed by atoms with van der Waals surface area (Å²) in [6.45, 7) is 1.02. The standard InChI is InChI=1S/C26H25BrN4O4/c27-21-16-20(17-28-18-21)25(33)30(22-7-2-1-3-8-22)14-11-24(32)29-12-15-35-26(34)31-13-10-19-6-4-5-9-23(19)31/h1-9,16-18H,10-15H2,(H,29,32). The van der Waals surface area contributed by atoms with Crippen LogP contribution in [0.5, 0.6) is 0 Å². The molecule has 1 N–H and O–H groups in total. The van der Waals surface area contributed by atoms with Gasteiger partial charge in [0.1, 0.15) is 6.61 Å². The lowest BCUT2D eigenvalue weighted by molar-refractivity contribution is -0.121. The summed E-state index contributed by atoms with van der Waals surface area (Å²) in [5.41, 5.74) is 3.09. The number of fused-ring (bicyclic) bond motifs is 1. The number of pyridine rings is 1. The first-order chi connectivity index (χ1) is 17.0. The van der Waals surface area contributed by atoms with Gasteiger partial charge in [-0.25, -0.2) is 4.79 Å². The Labute approximate surface area is 212 Å². The molecule has 3 aromatic rings. The summed E-state index contributed by atoms with van der Waals surface area (Å²) in [4.78, 5) is 45.2. The molecule has 2 heterocycles. The number of aromatic nitrogens is 1. The summed E-state index contributed by atoms with van der Waals surface area (Å²) in [6, 6.07) is 18.6. The molecule has 0 spiro atoms. The number of nitrogens with zero attached hydrogens (tertiary/aromatic N) is 3. The minimum absolute atomic E-state index is 0.0638. The van der Waals surface area contributed by atoms with Crippen molar-refractivity contribution in [3.05, 3.63) is 88.7 Å². The van der Waals surface area contributed by atoms with Crippen LogP contribution in [-0.4, -0.2) is 49.1 Å². The zero-order valence-corrected chi connectivity index (χ0v) is 20.6. The number of nitrogens with one attached hydrogen (secondary N) is 1. The monoisotopic (exact) mass is 536 g/mol. The quantitative estimate of drug-likeness (QED) is 0.435. The van der Waals surface area contributed by atoms with Gasteiger partial charge in [0.25, 0.3) is 5.91 Å². The molecule has 0 bridgehead atoms. The van der Waals surface area contributed by atoms with Crippen molar-refractivity contribution in [2.45, 2.75) is 12.8 Å². The van der Waals surface area contributed by atoms with Gasteiger partial charge in [0.2, 0.25) is 5.91 Å². The van der Waals surface area contributed by atoms with Gasteiger partial charge in [0, 0.05) is 42.1 Å². The highest BCUT2D eigenvalue weighted by Gasteiger charge is 2.25. The zero-order chi connectivity index (χ0) is 24.6. The number of benzene rings is 2. The predicted octanol–water partition coefficient (Wildman–Crippen LogP) is 4.20. The number of halogens is 1. The van der Waals surface area contributed by atoms with Crippen molar-refractivity contribution in [2.24, 2.45) is 0 Å². The minimum atomic E-state index is -0.423. The van der Waals surface area contributed by atoms with E-state index < -0.39 is 6.09 Å². The predicted molar refractivity (Wildman–Crippen MR) is 137 cm³/mol. The normalized spacial score (nSPS) is 12.1. The number of carbonyl (C=O) groups is 3. The maximum Gasteiger partial charge on any atom is 0.414 e. The third-order valence-electron chi connectivity index (χ3n) is 5.58. The number of para-hydroxylation sites is 2. The molecule has 35 heavy (non-hydrogen) atoms. The Morgan fingerprint density at radius 3 is 2.63 bits per heavy atom. The van der Waals surface area contributed by atoms with Gasteiger partial charge in [-0.05, 0) is 52.2 Å². The van der Waals surface area contributed by atoms with Gasteiger partial charge in [0.15, 0.2) is 0 Å². The summed E-state index contributed by atoms with van der Waals surface area (Å²) in [7, 11) is 0. The SMILES string of the molecule is O=C(CCN(C(=O)c1cncc(Br)c1)c1ccccc1)NCCOC(=O)N1CCc2ccccc21. The van der Waals surface area contributed by atoms with Crippen LogP contribution in [0.25, 0.3) is 0 Å². The van der Waals surface area contributed by atoms with Gasteiger partial charge < -0.3 is 15.0 Å². The highest BCUT2D eigenvalue weighted by atomic mass is 79.9. The average Bonchev–Trinajstić information content (AvgIpc) is 3.31. The highest BCUT2D eigenvalue weighted by molar-refractivity contribution is 9.10. The van der Waals surface area contributed by atoms with Crippen LogP contribution in [0.1, 0.15) is 22.3 Å². The fourth-order valence-electron chi connectivity index (χ4n) is 3.88. The second kappa shape index (κ2) is 11.6. The molecule has 0 atom stereocenters. The number of hydrogen-bond acceptors (Lipinski definition) is 5. The molecular formula is C26H25BrN4O4. The molecule has 0 fully saturated rings. The molecule has 1 aliphatic rings. The molecule has 0 saturated heterocycles. The Kier molecular flexibility index (Phi) is 8.10. The Hall–Kier alpha value is -3.72. The number of carbonyl (C=O) groups excluding carboxylic acids is 3. The number of anilines is 2. The van der Waals surface area contributed by atoms with Crippen LogP contribution in [-0.2, 0) is 16.0 Å². The van der Waals surface area contributed by atoms with E-state index in [1.54, 1.807) is 22.1 Å². The van der Waals surface area contributed by atoms with Crippen LogP contribution < -0.4 is 15.1 Å². The Morgan fingerprint density at radius 2 is 1.83 bits per heavy atom. The number of ether oxygens (including phenoxy) is 1. The van der Waals surface area contributed by atoms with Crippen LogP contribution in [0.3, 0.4) is 0 Å². The van der Waals surface area contributed by atoms with E-state index >= 15 is 0 Å². The van der Waals surface area contributed by atoms with E-state index in [1.807, 2.05) is 54.6 Å². The molecule has 1 aliphatic heterocycles. The van der Waals surface area contributed by atoms with Crippen LogP contribution >= 0.6 is 15.9 Å². The van der Waals surface area contributed by atoms with Crippen molar-refractivity contribution in [3.63, 3.8) is 0 Å². The fourth-order valence-corrected chi connectivity index (χ4v) is 4.24. The lowest BCUT2D eigenvalue weighted by atomic mass is 10.2. The van der Waals surface area contributed by atoms with Crippen molar-refractivity contribution in [3.8, 4) is 0 Å². The maximum absolute atomic E-state index is 13.1. The van der Waals surface area contributed by atoms with E-state index in [0.717, 1.165) is 17.7 Å². The molecular weight excluding hydrogens is 512 g/mol. The van der Waals surface area contributed by atoms with Crippen molar-refractivity contribution in [2.75, 3.05) is 36.0 Å². The second-order valence-electron chi connectivity index (χ2n) is 7.93. The van der Waals surface area contributed by atoms with E-state index in [0.29, 0.717) is 22.3 Å². The van der Waals surface area contributed by atoms with Gasteiger partial charge in [-0.15, -0.1) is 0 Å². The maximum atomic E-state index is 13.1. The molecule has 180 valence electrons. The topological polar surface area (TPSA) is 91.8 Å². The molecule has 0 aliphatic carbocycles. The fraction of sp³-hybridized carbons (Fsp3) is 0.231. The van der Waals surface area contributed by atoms with Crippen molar-refractivity contribution < 1.29 is 19.1 Å². The summed E-state index contributed by atoms with van der Waals surface area (Å²) < 4.78 is 6.03. The van der Waals surface area contributed by atoms with Crippen LogP contribution in [0.4, 0.5) is 16.2 Å². The average molecular weight is 537 g/mol. The van der Waals surface area contributed by atoms with Crippen molar-refractivity contribution in [1.82, 2.24) is 10.3 Å². The van der Waals surface area contributed by atoms with E-state index in [9.17, 15) is 14.4 Å². The molecule has 0 saturated carbocycles. The Bertz CT molecular complexity index is 1200. The number of amides is 3. The highest BCUT2D eigenvalue weighted by Crippen LogP contribution is 2.27. The number of rotatable bonds is 8. The van der Waals surface area contributed by atoms with E-state index in [2.05, 4.69) is 26.2 Å². The zero-order valence-electron chi connectivity index (χ0n) is 19.0. The van der Waals surface area contributed by atoms with Gasteiger partial charge >= 0.3 is 6.09 Å². The molecule has 1 aromatic heterocycles. The molecule has 2 aromatic carbocycles. The Morgan fingerprint density at radius 1 is 1.06 bits per heavy atom. The second-order valence-corrected chi connectivity index (χ2v) is 8.84. The van der Waals surface area contributed by atoms with E-state index in [4.69, 9.17) is 4.74 Å². The van der Waals surface area contributed by atoms with Gasteiger partial charge in [0.05, 0.1) is 17.8 Å². The Balaban J connectivity index is 1.27. The largest absolute Gasteiger partial charge is 0.447 e. The summed E-state index contributed by atoms with van der Waals surface area (Å²) in [5.74, 6) is -0.494.